The molecular formula is C14H27O4PS2. The smallest absolute Gasteiger partial charge is 0.333 e. The van der Waals surface area contributed by atoms with Gasteiger partial charge in [-0.1, -0.05) is 56.5 Å². The Bertz CT molecular complexity index is 355. The van der Waals surface area contributed by atoms with Crippen LogP contribution in [0, 0.1) is 0 Å². The number of carbonyl (C=O) groups excluding carboxylic acids is 1. The van der Waals surface area contributed by atoms with E-state index in [0.29, 0.717) is 12.2 Å². The van der Waals surface area contributed by atoms with Crippen molar-refractivity contribution in [1.82, 2.24) is 0 Å². The second-order valence-corrected chi connectivity index (χ2v) is 11.2. The van der Waals surface area contributed by atoms with Crippen molar-refractivity contribution < 1.29 is 19.3 Å². The zero-order chi connectivity index (χ0) is 16.1. The molecule has 0 aliphatic rings. The van der Waals surface area contributed by atoms with Crippen molar-refractivity contribution in [3.63, 3.8) is 0 Å². The summed E-state index contributed by atoms with van der Waals surface area (Å²) in [4.78, 5) is 29.2. The SMILES string of the molecule is C=C(C)C(=O)OCCCCCCCCCCSP(O)(O)=S. The molecule has 0 radical (unpaired) electrons. The van der Waals surface area contributed by atoms with Crippen LogP contribution in [0.15, 0.2) is 12.2 Å². The third kappa shape index (κ3) is 16.3. The zero-order valence-electron chi connectivity index (χ0n) is 12.8. The van der Waals surface area contributed by atoms with E-state index in [4.69, 9.17) is 14.5 Å². The Morgan fingerprint density at radius 2 is 1.57 bits per heavy atom. The summed E-state index contributed by atoms with van der Waals surface area (Å²) in [6, 6.07) is 0. The first-order valence-electron chi connectivity index (χ1n) is 7.35. The Kier molecular flexibility index (Phi) is 12.7. The van der Waals surface area contributed by atoms with Gasteiger partial charge < -0.3 is 14.5 Å². The fourth-order valence-corrected chi connectivity index (χ4v) is 4.08. The quantitative estimate of drug-likeness (QED) is 0.224. The van der Waals surface area contributed by atoms with Gasteiger partial charge in [-0.2, -0.15) is 0 Å². The molecule has 0 atom stereocenters. The van der Waals surface area contributed by atoms with Crippen molar-refractivity contribution in [2.24, 2.45) is 0 Å². The lowest BCUT2D eigenvalue weighted by Crippen LogP contribution is -2.05. The Morgan fingerprint density at radius 1 is 1.10 bits per heavy atom. The normalized spacial score (nSPS) is 11.4. The molecule has 0 fully saturated rings. The van der Waals surface area contributed by atoms with Gasteiger partial charge >= 0.3 is 5.97 Å². The maximum absolute atomic E-state index is 11.1. The molecule has 124 valence electrons. The molecule has 0 amide bonds. The van der Waals surface area contributed by atoms with Crippen LogP contribution < -0.4 is 0 Å². The summed E-state index contributed by atoms with van der Waals surface area (Å²) < 4.78 is 5.02. The molecule has 0 aliphatic carbocycles. The largest absolute Gasteiger partial charge is 0.462 e. The fraction of sp³-hybridized carbons (Fsp3) is 0.786. The molecule has 0 rings (SSSR count). The highest BCUT2D eigenvalue weighted by Gasteiger charge is 2.06. The molecule has 0 bridgehead atoms. The van der Waals surface area contributed by atoms with E-state index in [2.05, 4.69) is 18.4 Å². The van der Waals surface area contributed by atoms with Gasteiger partial charge in [0.05, 0.1) is 6.61 Å². The summed E-state index contributed by atoms with van der Waals surface area (Å²) in [7, 11) is 0. The van der Waals surface area contributed by atoms with E-state index in [1.54, 1.807) is 6.92 Å². The molecule has 0 saturated carbocycles. The van der Waals surface area contributed by atoms with Crippen LogP contribution in [-0.2, 0) is 21.3 Å². The minimum atomic E-state index is -3.05. The first-order valence-corrected chi connectivity index (χ1v) is 11.7. The lowest BCUT2D eigenvalue weighted by atomic mass is 10.1. The maximum Gasteiger partial charge on any atom is 0.333 e. The minimum absolute atomic E-state index is 0.302. The van der Waals surface area contributed by atoms with Gasteiger partial charge in [-0.25, -0.2) is 4.79 Å². The molecule has 0 saturated heterocycles. The minimum Gasteiger partial charge on any atom is -0.462 e. The van der Waals surface area contributed by atoms with Gasteiger partial charge in [0.15, 0.2) is 0 Å². The summed E-state index contributed by atoms with van der Waals surface area (Å²) in [6.07, 6.45) is 8.81. The van der Waals surface area contributed by atoms with Crippen LogP contribution in [0.25, 0.3) is 0 Å². The van der Waals surface area contributed by atoms with Gasteiger partial charge in [-0.15, -0.1) is 0 Å². The van der Waals surface area contributed by atoms with E-state index in [-0.39, 0.29) is 5.97 Å². The number of unbranched alkanes of at least 4 members (excludes halogenated alkanes) is 7. The fourth-order valence-electron chi connectivity index (χ4n) is 1.74. The summed E-state index contributed by atoms with van der Waals surface area (Å²) in [5, 5.41) is 0. The Hall–Kier alpha value is 0.130. The van der Waals surface area contributed by atoms with Crippen molar-refractivity contribution in [3.8, 4) is 0 Å². The average molecular weight is 354 g/mol. The van der Waals surface area contributed by atoms with Crippen molar-refractivity contribution in [3.05, 3.63) is 12.2 Å². The van der Waals surface area contributed by atoms with Gasteiger partial charge in [0.1, 0.15) is 0 Å². The first-order chi connectivity index (χ1) is 9.83. The lowest BCUT2D eigenvalue weighted by molar-refractivity contribution is -0.139. The molecule has 4 nitrogen and oxygen atoms in total. The van der Waals surface area contributed by atoms with E-state index in [9.17, 15) is 4.79 Å². The topological polar surface area (TPSA) is 66.8 Å². The summed E-state index contributed by atoms with van der Waals surface area (Å²) >= 11 is 5.64. The highest BCUT2D eigenvalue weighted by Crippen LogP contribution is 2.50. The number of rotatable bonds is 13. The molecule has 0 unspecified atom stereocenters. The van der Waals surface area contributed by atoms with E-state index in [1.807, 2.05) is 0 Å². The molecule has 0 aromatic heterocycles. The third-order valence-electron chi connectivity index (χ3n) is 2.88. The molecule has 0 spiro atoms. The van der Waals surface area contributed by atoms with E-state index < -0.39 is 5.69 Å². The monoisotopic (exact) mass is 354 g/mol. The number of hydrogen-bond acceptors (Lipinski definition) is 4. The predicted octanol–water partition coefficient (Wildman–Crippen LogP) is 4.17. The van der Waals surface area contributed by atoms with Crippen LogP contribution in [0.1, 0.15) is 58.3 Å². The molecule has 21 heavy (non-hydrogen) atoms. The van der Waals surface area contributed by atoms with Crippen molar-refractivity contribution in [1.29, 1.82) is 0 Å². The van der Waals surface area contributed by atoms with Gasteiger partial charge in [-0.3, -0.25) is 0 Å². The van der Waals surface area contributed by atoms with Crippen molar-refractivity contribution in [2.45, 2.75) is 58.3 Å². The van der Waals surface area contributed by atoms with Crippen LogP contribution in [-0.4, -0.2) is 28.1 Å². The standard InChI is InChI=1S/C14H27O4PS2/c1-13(2)14(15)18-11-9-7-5-3-4-6-8-10-12-21-19(16,17)20/h1,3-12H2,2H3,(H2,16,17,20). The van der Waals surface area contributed by atoms with Crippen LogP contribution in [0.5, 0.6) is 0 Å². The second-order valence-electron chi connectivity index (χ2n) is 5.07. The molecule has 7 heteroatoms. The van der Waals surface area contributed by atoms with Gasteiger partial charge in [0.25, 0.3) is 0 Å². The molecule has 0 aromatic carbocycles. The summed E-state index contributed by atoms with van der Waals surface area (Å²) in [6.45, 7) is 5.67. The molecule has 2 N–H and O–H groups in total. The second kappa shape index (κ2) is 12.7. The van der Waals surface area contributed by atoms with Gasteiger partial charge in [0.2, 0.25) is 5.69 Å². The highest BCUT2D eigenvalue weighted by molar-refractivity contribution is 8.67. The Balaban J connectivity index is 3.18. The van der Waals surface area contributed by atoms with Crippen LogP contribution >= 0.6 is 17.1 Å². The van der Waals surface area contributed by atoms with Crippen molar-refractivity contribution >= 4 is 34.9 Å². The Morgan fingerprint density at radius 3 is 2.05 bits per heavy atom. The van der Waals surface area contributed by atoms with E-state index >= 15 is 0 Å². The van der Waals surface area contributed by atoms with E-state index in [0.717, 1.165) is 49.2 Å². The van der Waals surface area contributed by atoms with Crippen molar-refractivity contribution in [2.75, 3.05) is 12.4 Å². The number of hydrogen-bond donors (Lipinski definition) is 2. The maximum atomic E-state index is 11.1. The predicted molar refractivity (Wildman–Crippen MR) is 93.9 cm³/mol. The van der Waals surface area contributed by atoms with Gasteiger partial charge in [-0.05, 0) is 31.6 Å². The van der Waals surface area contributed by atoms with Crippen LogP contribution in [0.2, 0.25) is 0 Å². The molecular weight excluding hydrogens is 327 g/mol. The van der Waals surface area contributed by atoms with Gasteiger partial charge in [0, 0.05) is 11.3 Å². The van der Waals surface area contributed by atoms with Crippen LogP contribution in [0.4, 0.5) is 0 Å². The summed E-state index contributed by atoms with van der Waals surface area (Å²) in [5.41, 5.74) is -2.60. The Labute approximate surface area is 137 Å². The third-order valence-corrected chi connectivity index (χ3v) is 6.19. The number of carbonyl (C=O) groups is 1. The summed E-state index contributed by atoms with van der Waals surface area (Å²) in [5.74, 6) is 0.433. The van der Waals surface area contributed by atoms with E-state index in [1.165, 1.54) is 19.3 Å². The van der Waals surface area contributed by atoms with Crippen LogP contribution in [0.3, 0.4) is 0 Å². The number of ether oxygens (including phenoxy) is 1. The highest BCUT2D eigenvalue weighted by atomic mass is 32.9. The molecule has 0 aromatic rings. The zero-order valence-corrected chi connectivity index (χ0v) is 15.3. The molecule has 0 heterocycles. The average Bonchev–Trinajstić information content (AvgIpc) is 2.38. The lowest BCUT2D eigenvalue weighted by Gasteiger charge is -2.06. The number of esters is 1. The molecule has 0 aliphatic heterocycles. The first kappa shape index (κ1) is 21.1.